The van der Waals surface area contributed by atoms with E-state index in [-0.39, 0.29) is 6.10 Å². The zero-order valence-electron chi connectivity index (χ0n) is 6.80. The van der Waals surface area contributed by atoms with Crippen molar-refractivity contribution >= 4 is 0 Å². The second-order valence-corrected chi connectivity index (χ2v) is 4.51. The van der Waals surface area contributed by atoms with Crippen molar-refractivity contribution in [3.8, 4) is 0 Å². The monoisotopic (exact) mass is 140 g/mol. The van der Waals surface area contributed by atoms with Gasteiger partial charge < -0.3 is 5.11 Å². The van der Waals surface area contributed by atoms with Crippen molar-refractivity contribution < 1.29 is 5.11 Å². The van der Waals surface area contributed by atoms with E-state index < -0.39 is 0 Å². The van der Waals surface area contributed by atoms with E-state index in [1.165, 1.54) is 12.8 Å². The number of fused-ring (bicyclic) bond motifs is 2. The molecule has 3 aliphatic carbocycles. The minimum absolute atomic E-state index is 0.0139. The SMILES string of the molecule is CC1(C)[C@H]2CC[C@H](O)[C@@H]1C2. The van der Waals surface area contributed by atoms with Crippen molar-refractivity contribution in [3.63, 3.8) is 0 Å². The predicted molar refractivity (Wildman–Crippen MR) is 40.6 cm³/mol. The summed E-state index contributed by atoms with van der Waals surface area (Å²) in [6, 6.07) is 0. The zero-order chi connectivity index (χ0) is 7.35. The molecular formula is C9H16O. The molecule has 0 radical (unpaired) electrons. The van der Waals surface area contributed by atoms with Gasteiger partial charge in [-0.25, -0.2) is 0 Å². The van der Waals surface area contributed by atoms with Gasteiger partial charge in [-0.1, -0.05) is 13.8 Å². The van der Waals surface area contributed by atoms with E-state index >= 15 is 0 Å². The quantitative estimate of drug-likeness (QED) is 0.544. The van der Waals surface area contributed by atoms with Crippen LogP contribution in [0.15, 0.2) is 0 Å². The van der Waals surface area contributed by atoms with Gasteiger partial charge in [0.1, 0.15) is 0 Å². The lowest BCUT2D eigenvalue weighted by molar-refractivity contribution is -0.139. The summed E-state index contributed by atoms with van der Waals surface area (Å²) < 4.78 is 0. The number of hydrogen-bond donors (Lipinski definition) is 1. The molecule has 0 unspecified atom stereocenters. The average molecular weight is 140 g/mol. The molecule has 1 N–H and O–H groups in total. The van der Waals surface area contributed by atoms with Crippen LogP contribution in [0.3, 0.4) is 0 Å². The highest BCUT2D eigenvalue weighted by Crippen LogP contribution is 2.58. The van der Waals surface area contributed by atoms with E-state index in [0.29, 0.717) is 11.3 Å². The third kappa shape index (κ3) is 0.619. The Bertz CT molecular complexity index is 149. The number of rotatable bonds is 0. The Morgan fingerprint density at radius 1 is 1.30 bits per heavy atom. The van der Waals surface area contributed by atoms with E-state index in [1.807, 2.05) is 0 Å². The first-order chi connectivity index (χ1) is 4.62. The Kier molecular flexibility index (Phi) is 1.17. The molecule has 1 heteroatoms. The number of aliphatic hydroxyl groups is 1. The molecule has 0 aromatic carbocycles. The molecule has 1 nitrogen and oxygen atoms in total. The van der Waals surface area contributed by atoms with E-state index in [2.05, 4.69) is 13.8 Å². The normalized spacial score (nSPS) is 50.1. The Morgan fingerprint density at radius 3 is 2.30 bits per heavy atom. The highest BCUT2D eigenvalue weighted by molar-refractivity contribution is 5.03. The maximum Gasteiger partial charge on any atom is 0.0573 e. The Balaban J connectivity index is 2.16. The summed E-state index contributed by atoms with van der Waals surface area (Å²) in [6.45, 7) is 4.60. The van der Waals surface area contributed by atoms with Crippen molar-refractivity contribution in [3.05, 3.63) is 0 Å². The van der Waals surface area contributed by atoms with Crippen LogP contribution in [0.4, 0.5) is 0 Å². The third-order valence-electron chi connectivity index (χ3n) is 3.82. The molecule has 0 aliphatic heterocycles. The fourth-order valence-corrected chi connectivity index (χ4v) is 2.77. The minimum Gasteiger partial charge on any atom is -0.393 e. The van der Waals surface area contributed by atoms with E-state index in [0.717, 1.165) is 12.3 Å². The van der Waals surface area contributed by atoms with Crippen LogP contribution in [0.5, 0.6) is 0 Å². The second kappa shape index (κ2) is 1.76. The standard InChI is InChI=1S/C9H16O/c1-9(2)6-3-4-8(10)7(9)5-6/h6-8,10H,3-5H2,1-2H3/t6-,7-,8-/m0/s1. The highest BCUT2D eigenvalue weighted by atomic mass is 16.3. The molecule has 3 atom stereocenters. The van der Waals surface area contributed by atoms with Gasteiger partial charge in [0.05, 0.1) is 6.10 Å². The van der Waals surface area contributed by atoms with Gasteiger partial charge in [-0.3, -0.25) is 0 Å². The molecule has 0 amide bonds. The van der Waals surface area contributed by atoms with E-state index in [4.69, 9.17) is 0 Å². The summed E-state index contributed by atoms with van der Waals surface area (Å²) in [7, 11) is 0. The van der Waals surface area contributed by atoms with E-state index in [1.54, 1.807) is 0 Å². The summed E-state index contributed by atoms with van der Waals surface area (Å²) >= 11 is 0. The minimum atomic E-state index is 0.0139. The summed E-state index contributed by atoms with van der Waals surface area (Å²) in [5, 5.41) is 9.55. The molecule has 0 spiro atoms. The van der Waals surface area contributed by atoms with Gasteiger partial charge in [0.2, 0.25) is 0 Å². The Hall–Kier alpha value is -0.0400. The average Bonchev–Trinajstić information content (AvgIpc) is 1.87. The maximum atomic E-state index is 9.55. The number of hydrogen-bond acceptors (Lipinski definition) is 1. The molecule has 58 valence electrons. The third-order valence-corrected chi connectivity index (χ3v) is 3.82. The molecule has 3 rings (SSSR count). The summed E-state index contributed by atoms with van der Waals surface area (Å²) in [5.41, 5.74) is 0.456. The van der Waals surface area contributed by atoms with Crippen molar-refractivity contribution in [1.82, 2.24) is 0 Å². The maximum absolute atomic E-state index is 9.55. The van der Waals surface area contributed by atoms with Gasteiger partial charge in [-0.2, -0.15) is 0 Å². The molecule has 0 heterocycles. The summed E-state index contributed by atoms with van der Waals surface area (Å²) in [4.78, 5) is 0. The fourth-order valence-electron chi connectivity index (χ4n) is 2.77. The van der Waals surface area contributed by atoms with Gasteiger partial charge in [0, 0.05) is 0 Å². The molecule has 3 fully saturated rings. The van der Waals surface area contributed by atoms with Crippen LogP contribution >= 0.6 is 0 Å². The molecular weight excluding hydrogens is 124 g/mol. The van der Waals surface area contributed by atoms with Gasteiger partial charge in [-0.15, -0.1) is 0 Å². The molecule has 0 aromatic heterocycles. The van der Waals surface area contributed by atoms with Crippen molar-refractivity contribution in [2.24, 2.45) is 17.3 Å². The first-order valence-corrected chi connectivity index (χ1v) is 4.30. The molecule has 0 saturated heterocycles. The van der Waals surface area contributed by atoms with Gasteiger partial charge in [0.25, 0.3) is 0 Å². The Labute approximate surface area is 62.4 Å². The van der Waals surface area contributed by atoms with Crippen LogP contribution in [0.1, 0.15) is 33.1 Å². The lowest BCUT2D eigenvalue weighted by Gasteiger charge is -2.58. The molecule has 3 saturated carbocycles. The van der Waals surface area contributed by atoms with Crippen LogP contribution in [0.25, 0.3) is 0 Å². The van der Waals surface area contributed by atoms with Crippen LogP contribution < -0.4 is 0 Å². The predicted octanol–water partition coefficient (Wildman–Crippen LogP) is 1.80. The van der Waals surface area contributed by atoms with Gasteiger partial charge >= 0.3 is 0 Å². The fraction of sp³-hybridized carbons (Fsp3) is 1.00. The van der Waals surface area contributed by atoms with Crippen molar-refractivity contribution in [2.45, 2.75) is 39.2 Å². The molecule has 3 aliphatic rings. The van der Waals surface area contributed by atoms with Crippen LogP contribution in [-0.4, -0.2) is 11.2 Å². The van der Waals surface area contributed by atoms with Gasteiger partial charge in [-0.05, 0) is 36.5 Å². The van der Waals surface area contributed by atoms with Crippen LogP contribution in [0, 0.1) is 17.3 Å². The van der Waals surface area contributed by atoms with Crippen molar-refractivity contribution in [2.75, 3.05) is 0 Å². The van der Waals surface area contributed by atoms with Crippen molar-refractivity contribution in [1.29, 1.82) is 0 Å². The van der Waals surface area contributed by atoms with Crippen LogP contribution in [0.2, 0.25) is 0 Å². The molecule has 0 aromatic rings. The number of aliphatic hydroxyl groups excluding tert-OH is 1. The lowest BCUT2D eigenvalue weighted by Crippen LogP contribution is -2.54. The topological polar surface area (TPSA) is 20.2 Å². The lowest BCUT2D eigenvalue weighted by atomic mass is 9.48. The van der Waals surface area contributed by atoms with Crippen LogP contribution in [-0.2, 0) is 0 Å². The first-order valence-electron chi connectivity index (χ1n) is 4.30. The zero-order valence-corrected chi connectivity index (χ0v) is 6.80. The van der Waals surface area contributed by atoms with Gasteiger partial charge in [0.15, 0.2) is 0 Å². The largest absolute Gasteiger partial charge is 0.393 e. The molecule has 2 bridgehead atoms. The Morgan fingerprint density at radius 2 is 2.00 bits per heavy atom. The smallest absolute Gasteiger partial charge is 0.0573 e. The molecule has 10 heavy (non-hydrogen) atoms. The first kappa shape index (κ1) is 6.66. The second-order valence-electron chi connectivity index (χ2n) is 4.51. The highest BCUT2D eigenvalue weighted by Gasteiger charge is 2.53. The summed E-state index contributed by atoms with van der Waals surface area (Å²) in [6.07, 6.45) is 3.61. The van der Waals surface area contributed by atoms with E-state index in [9.17, 15) is 5.11 Å². The summed E-state index contributed by atoms with van der Waals surface area (Å²) in [5.74, 6) is 1.53.